The van der Waals surface area contributed by atoms with Crippen molar-refractivity contribution < 1.29 is 9.08 Å². The summed E-state index contributed by atoms with van der Waals surface area (Å²) < 4.78 is 21.6. The number of nitrogens with zero attached hydrogens (tertiary/aromatic N) is 3. The van der Waals surface area contributed by atoms with Crippen LogP contribution < -0.4 is 10.0 Å². The molecular formula is C26H27N5O2S. The third kappa shape index (κ3) is 5.07. The Labute approximate surface area is 202 Å². The third-order valence-corrected chi connectivity index (χ3v) is 7.09. The smallest absolute Gasteiger partial charge is 0.168 e. The topological polar surface area (TPSA) is 110 Å². The molecule has 4 aromatic rings. The largest absolute Gasteiger partial charge is 0.598 e. The molecule has 7 nitrogen and oxygen atoms in total. The summed E-state index contributed by atoms with van der Waals surface area (Å²) in [6, 6.07) is 20.9. The Balaban J connectivity index is 1.80. The second-order valence-electron chi connectivity index (χ2n) is 8.96. The number of nitriles is 1. The summed E-state index contributed by atoms with van der Waals surface area (Å²) in [5.41, 5.74) is 4.43. The third-order valence-electron chi connectivity index (χ3n) is 5.47. The Kier molecular flexibility index (Phi) is 6.89. The molecule has 2 aromatic carbocycles. The predicted octanol–water partition coefficient (Wildman–Crippen LogP) is 5.14. The van der Waals surface area contributed by atoms with Crippen molar-refractivity contribution >= 4 is 28.1 Å². The number of rotatable bonds is 7. The highest BCUT2D eigenvalue weighted by atomic mass is 32.2. The Morgan fingerprint density at radius 3 is 2.65 bits per heavy atom. The zero-order chi connectivity index (χ0) is 24.3. The first-order chi connectivity index (χ1) is 16.3. The predicted molar refractivity (Wildman–Crippen MR) is 135 cm³/mol. The highest BCUT2D eigenvalue weighted by molar-refractivity contribution is 7.90. The second-order valence-corrected chi connectivity index (χ2v) is 11.0. The van der Waals surface area contributed by atoms with E-state index >= 15 is 0 Å². The Morgan fingerprint density at radius 2 is 1.91 bits per heavy atom. The summed E-state index contributed by atoms with van der Waals surface area (Å²) in [5, 5.41) is 17.4. The van der Waals surface area contributed by atoms with Crippen LogP contribution in [0.5, 0.6) is 0 Å². The molecule has 0 bridgehead atoms. The average Bonchev–Trinajstić information content (AvgIpc) is 3.26. The van der Waals surface area contributed by atoms with Gasteiger partial charge in [-0.05, 0) is 50.6 Å². The summed E-state index contributed by atoms with van der Waals surface area (Å²) >= 11 is -1.31. The molecular weight excluding hydrogens is 446 g/mol. The van der Waals surface area contributed by atoms with E-state index in [1.54, 1.807) is 12.1 Å². The van der Waals surface area contributed by atoms with E-state index in [1.807, 2.05) is 76.3 Å². The number of nitrogens with one attached hydrogen (secondary N) is 2. The van der Waals surface area contributed by atoms with Gasteiger partial charge < -0.3 is 14.4 Å². The van der Waals surface area contributed by atoms with Crippen LogP contribution in [0, 0.1) is 11.3 Å². The number of benzene rings is 2. The molecule has 0 aliphatic heterocycles. The minimum absolute atomic E-state index is 0.291. The molecule has 2 heterocycles. The Morgan fingerprint density at radius 1 is 1.12 bits per heavy atom. The van der Waals surface area contributed by atoms with E-state index in [0.29, 0.717) is 23.3 Å². The van der Waals surface area contributed by atoms with Gasteiger partial charge in [-0.15, -0.1) is 4.72 Å². The van der Waals surface area contributed by atoms with Gasteiger partial charge in [-0.2, -0.15) is 5.26 Å². The first-order valence-corrected chi connectivity index (χ1v) is 12.2. The van der Waals surface area contributed by atoms with Crippen molar-refractivity contribution in [1.82, 2.24) is 14.9 Å². The Hall–Kier alpha value is -3.38. The van der Waals surface area contributed by atoms with Crippen LogP contribution >= 0.6 is 0 Å². The molecule has 0 fully saturated rings. The molecule has 2 aromatic heterocycles. The van der Waals surface area contributed by atoms with Crippen molar-refractivity contribution in [2.75, 3.05) is 12.4 Å². The van der Waals surface area contributed by atoms with E-state index in [0.717, 1.165) is 28.0 Å². The molecule has 0 aliphatic rings. The number of anilines is 1. The Bertz CT molecular complexity index is 1340. The molecule has 4 rings (SSSR count). The van der Waals surface area contributed by atoms with Gasteiger partial charge in [-0.3, -0.25) is 0 Å². The SMILES string of the molecule is CNc1cccc(CC(N[S+]([O-])C(C)(C)C)c2ccccc2-c2noc3cc(C#N)ccc23)n1. The number of aromatic nitrogens is 2. The summed E-state index contributed by atoms with van der Waals surface area (Å²) in [7, 11) is 1.83. The van der Waals surface area contributed by atoms with Crippen LogP contribution in [0.2, 0.25) is 0 Å². The van der Waals surface area contributed by atoms with Crippen LogP contribution in [-0.2, 0) is 17.8 Å². The minimum atomic E-state index is -1.31. The van der Waals surface area contributed by atoms with Crippen molar-refractivity contribution in [2.24, 2.45) is 0 Å². The van der Waals surface area contributed by atoms with Gasteiger partial charge in [0, 0.05) is 47.5 Å². The van der Waals surface area contributed by atoms with Crippen molar-refractivity contribution in [1.29, 1.82) is 5.26 Å². The summed E-state index contributed by atoms with van der Waals surface area (Å²) in [6.07, 6.45) is 0.530. The van der Waals surface area contributed by atoms with Crippen molar-refractivity contribution in [2.45, 2.75) is 38.0 Å². The molecule has 2 unspecified atom stereocenters. The molecule has 0 saturated carbocycles. The average molecular weight is 474 g/mol. The molecule has 0 aliphatic carbocycles. The number of pyridine rings is 1. The lowest BCUT2D eigenvalue weighted by molar-refractivity contribution is 0.459. The summed E-state index contributed by atoms with van der Waals surface area (Å²) in [4.78, 5) is 4.67. The maximum absolute atomic E-state index is 13.1. The zero-order valence-electron chi connectivity index (χ0n) is 19.6. The van der Waals surface area contributed by atoms with Gasteiger partial charge in [0.15, 0.2) is 5.58 Å². The molecule has 8 heteroatoms. The zero-order valence-corrected chi connectivity index (χ0v) is 20.4. The van der Waals surface area contributed by atoms with Crippen LogP contribution in [0.25, 0.3) is 22.2 Å². The van der Waals surface area contributed by atoms with Crippen LogP contribution in [0.15, 0.2) is 65.2 Å². The normalized spacial score (nSPS) is 13.4. The van der Waals surface area contributed by atoms with E-state index in [-0.39, 0.29) is 6.04 Å². The fourth-order valence-corrected chi connectivity index (χ4v) is 4.50. The molecule has 0 saturated heterocycles. The number of hydrogen-bond acceptors (Lipinski definition) is 7. The fourth-order valence-electron chi connectivity index (χ4n) is 3.68. The van der Waals surface area contributed by atoms with Gasteiger partial charge in [0.05, 0.1) is 17.7 Å². The van der Waals surface area contributed by atoms with E-state index in [4.69, 9.17) is 4.52 Å². The summed E-state index contributed by atoms with van der Waals surface area (Å²) in [6.45, 7) is 5.82. The van der Waals surface area contributed by atoms with E-state index in [1.165, 1.54) is 0 Å². The van der Waals surface area contributed by atoms with Crippen molar-refractivity contribution in [3.63, 3.8) is 0 Å². The van der Waals surface area contributed by atoms with Crippen molar-refractivity contribution in [3.05, 3.63) is 77.5 Å². The molecule has 34 heavy (non-hydrogen) atoms. The maximum atomic E-state index is 13.1. The molecule has 174 valence electrons. The monoisotopic (exact) mass is 473 g/mol. The first-order valence-electron chi connectivity index (χ1n) is 11.0. The van der Waals surface area contributed by atoms with Gasteiger partial charge in [-0.25, -0.2) is 4.98 Å². The first kappa shape index (κ1) is 23.8. The van der Waals surface area contributed by atoms with Gasteiger partial charge in [0.2, 0.25) is 0 Å². The standard InChI is InChI=1S/C26H27N5O2S/c1-26(2,3)34(32)31-22(15-18-8-7-11-24(28-4)29-18)19-9-5-6-10-20(19)25-21-13-12-17(16-27)14-23(21)33-30-25/h5-14,22,31H,15H2,1-4H3,(H,28,29). The van der Waals surface area contributed by atoms with E-state index in [2.05, 4.69) is 26.2 Å². The number of fused-ring (bicyclic) bond motifs is 1. The summed E-state index contributed by atoms with van der Waals surface area (Å²) in [5.74, 6) is 0.775. The van der Waals surface area contributed by atoms with E-state index < -0.39 is 16.1 Å². The van der Waals surface area contributed by atoms with Crippen LogP contribution in [0.1, 0.15) is 43.6 Å². The molecule has 2 N–H and O–H groups in total. The van der Waals surface area contributed by atoms with Crippen LogP contribution in [-0.4, -0.2) is 26.5 Å². The highest BCUT2D eigenvalue weighted by Gasteiger charge is 2.31. The molecule has 0 amide bonds. The maximum Gasteiger partial charge on any atom is 0.168 e. The van der Waals surface area contributed by atoms with Crippen molar-refractivity contribution in [3.8, 4) is 17.3 Å². The number of hydrogen-bond donors (Lipinski definition) is 2. The second kappa shape index (κ2) is 9.85. The minimum Gasteiger partial charge on any atom is -0.598 e. The van der Waals surface area contributed by atoms with Gasteiger partial charge in [0.1, 0.15) is 16.3 Å². The fraction of sp³-hybridized carbons (Fsp3) is 0.269. The van der Waals surface area contributed by atoms with Gasteiger partial charge >= 0.3 is 0 Å². The highest BCUT2D eigenvalue weighted by Crippen LogP contribution is 2.35. The molecule has 0 radical (unpaired) electrons. The molecule has 0 spiro atoms. The lowest BCUT2D eigenvalue weighted by Gasteiger charge is -2.29. The van der Waals surface area contributed by atoms with Crippen LogP contribution in [0.4, 0.5) is 5.82 Å². The lowest BCUT2D eigenvalue weighted by Crippen LogP contribution is -2.42. The van der Waals surface area contributed by atoms with Crippen LogP contribution in [0.3, 0.4) is 0 Å². The van der Waals surface area contributed by atoms with Gasteiger partial charge in [0.25, 0.3) is 0 Å². The quantitative estimate of drug-likeness (QED) is 0.358. The molecule has 2 atom stereocenters. The van der Waals surface area contributed by atoms with E-state index in [9.17, 15) is 9.81 Å². The lowest BCUT2D eigenvalue weighted by atomic mass is 9.94. The van der Waals surface area contributed by atoms with Gasteiger partial charge in [-0.1, -0.05) is 35.5 Å².